The molecule has 1 nitrogen and oxygen atoms in total. The van der Waals surface area contributed by atoms with Crippen LogP contribution in [0.5, 0.6) is 0 Å². The van der Waals surface area contributed by atoms with Crippen molar-refractivity contribution in [3.63, 3.8) is 0 Å². The van der Waals surface area contributed by atoms with Crippen molar-refractivity contribution in [3.8, 4) is 0 Å². The smallest absolute Gasteiger partial charge is 0.142 e. The molecule has 0 aliphatic heterocycles. The monoisotopic (exact) mass is 355 g/mol. The Labute approximate surface area is 132 Å². The molecule has 0 saturated carbocycles. The highest BCUT2D eigenvalue weighted by Crippen LogP contribution is 2.29. The molecule has 0 bridgehead atoms. The Morgan fingerprint density at radius 1 is 1.30 bits per heavy atom. The molecule has 1 atom stereocenters. The summed E-state index contributed by atoms with van der Waals surface area (Å²) in [6.07, 6.45) is 0.634. The molecule has 0 aromatic heterocycles. The summed E-state index contributed by atoms with van der Waals surface area (Å²) in [6.45, 7) is 2.05. The van der Waals surface area contributed by atoms with E-state index in [2.05, 4.69) is 39.4 Å². The van der Waals surface area contributed by atoms with Crippen LogP contribution in [-0.2, 0) is 6.42 Å². The second-order valence-electron chi connectivity index (χ2n) is 4.78. The molecule has 1 N–H and O–H groups in total. The Morgan fingerprint density at radius 2 is 2.05 bits per heavy atom. The van der Waals surface area contributed by atoms with Gasteiger partial charge in [0.1, 0.15) is 5.82 Å². The van der Waals surface area contributed by atoms with Crippen LogP contribution in [0.3, 0.4) is 0 Å². The number of aryl methyl sites for hydroxylation is 1. The van der Waals surface area contributed by atoms with E-state index in [9.17, 15) is 4.39 Å². The van der Waals surface area contributed by atoms with Crippen LogP contribution in [0.4, 0.5) is 4.39 Å². The molecule has 0 heterocycles. The van der Waals surface area contributed by atoms with E-state index in [1.807, 2.05) is 20.0 Å². The fraction of sp³-hybridized carbons (Fsp3) is 0.250. The van der Waals surface area contributed by atoms with Crippen LogP contribution in [0.2, 0.25) is 5.02 Å². The molecule has 0 fully saturated rings. The zero-order valence-electron chi connectivity index (χ0n) is 11.4. The molecule has 0 amide bonds. The summed E-state index contributed by atoms with van der Waals surface area (Å²) in [4.78, 5) is 0. The van der Waals surface area contributed by atoms with Crippen LogP contribution in [0, 0.1) is 12.7 Å². The minimum Gasteiger partial charge on any atom is -0.313 e. The van der Waals surface area contributed by atoms with Gasteiger partial charge in [-0.05, 0) is 49.2 Å². The average Bonchev–Trinajstić information content (AvgIpc) is 2.41. The summed E-state index contributed by atoms with van der Waals surface area (Å²) in [5, 5.41) is 3.47. The van der Waals surface area contributed by atoms with Gasteiger partial charge < -0.3 is 5.32 Å². The van der Waals surface area contributed by atoms with Gasteiger partial charge in [0.15, 0.2) is 0 Å². The predicted molar refractivity (Wildman–Crippen MR) is 85.8 cm³/mol. The van der Waals surface area contributed by atoms with Crippen molar-refractivity contribution in [3.05, 3.63) is 68.4 Å². The highest BCUT2D eigenvalue weighted by Gasteiger charge is 2.16. The zero-order chi connectivity index (χ0) is 14.7. The van der Waals surface area contributed by atoms with E-state index in [1.165, 1.54) is 11.6 Å². The van der Waals surface area contributed by atoms with Crippen molar-refractivity contribution >= 4 is 27.5 Å². The van der Waals surface area contributed by atoms with Gasteiger partial charge in [0.05, 0.1) is 5.02 Å². The van der Waals surface area contributed by atoms with Gasteiger partial charge in [-0.2, -0.15) is 0 Å². The first-order chi connectivity index (χ1) is 9.52. The SMILES string of the molecule is CNC(Cc1cccc(F)c1Cl)c1ccc(C)cc1Br. The van der Waals surface area contributed by atoms with Crippen LogP contribution in [0.25, 0.3) is 0 Å². The minimum absolute atomic E-state index is 0.0734. The molecule has 0 aliphatic carbocycles. The Bertz CT molecular complexity index is 615. The van der Waals surface area contributed by atoms with Gasteiger partial charge in [0, 0.05) is 10.5 Å². The van der Waals surface area contributed by atoms with Gasteiger partial charge in [-0.3, -0.25) is 0 Å². The second-order valence-corrected chi connectivity index (χ2v) is 6.02. The summed E-state index contributed by atoms with van der Waals surface area (Å²) in [6, 6.07) is 11.2. The number of hydrogen-bond donors (Lipinski definition) is 1. The molecule has 0 radical (unpaired) electrons. The standard InChI is InChI=1S/C16H16BrClFN/c1-10-6-7-12(13(17)8-10)15(20-2)9-11-4-3-5-14(19)16(11)18/h3-8,15,20H,9H2,1-2H3. The number of likely N-dealkylation sites (N-methyl/N-ethyl adjacent to an activating group) is 1. The minimum atomic E-state index is -0.373. The first-order valence-corrected chi connectivity index (χ1v) is 7.56. The maximum Gasteiger partial charge on any atom is 0.142 e. The van der Waals surface area contributed by atoms with E-state index in [4.69, 9.17) is 11.6 Å². The molecule has 106 valence electrons. The maximum absolute atomic E-state index is 13.5. The van der Waals surface area contributed by atoms with Crippen LogP contribution in [-0.4, -0.2) is 7.05 Å². The number of halogens is 3. The predicted octanol–water partition coefficient (Wildman–Crippen LogP) is 5.05. The Kier molecular flexibility index (Phi) is 5.19. The van der Waals surface area contributed by atoms with Gasteiger partial charge >= 0.3 is 0 Å². The zero-order valence-corrected chi connectivity index (χ0v) is 13.7. The lowest BCUT2D eigenvalue weighted by Gasteiger charge is -2.19. The van der Waals surface area contributed by atoms with Gasteiger partial charge in [-0.15, -0.1) is 0 Å². The largest absolute Gasteiger partial charge is 0.313 e. The van der Waals surface area contributed by atoms with Crippen LogP contribution in [0.15, 0.2) is 40.9 Å². The van der Waals surface area contributed by atoms with Crippen molar-refractivity contribution in [2.45, 2.75) is 19.4 Å². The quantitative estimate of drug-likeness (QED) is 0.808. The molecule has 0 aliphatic rings. The van der Waals surface area contributed by atoms with E-state index in [0.717, 1.165) is 15.6 Å². The fourth-order valence-electron chi connectivity index (χ4n) is 2.21. The molecule has 4 heteroatoms. The molecule has 2 rings (SSSR count). The first-order valence-electron chi connectivity index (χ1n) is 6.39. The topological polar surface area (TPSA) is 12.0 Å². The molecule has 0 spiro atoms. The van der Waals surface area contributed by atoms with Gasteiger partial charge in [-0.1, -0.05) is 51.8 Å². The fourth-order valence-corrected chi connectivity index (χ4v) is 3.18. The lowest BCUT2D eigenvalue weighted by molar-refractivity contribution is 0.582. The third-order valence-corrected chi connectivity index (χ3v) is 4.45. The highest BCUT2D eigenvalue weighted by molar-refractivity contribution is 9.10. The lowest BCUT2D eigenvalue weighted by Crippen LogP contribution is -2.19. The first kappa shape index (κ1) is 15.5. The van der Waals surface area contributed by atoms with E-state index in [-0.39, 0.29) is 16.9 Å². The van der Waals surface area contributed by atoms with Crippen molar-refractivity contribution in [1.29, 1.82) is 0 Å². The number of rotatable bonds is 4. The number of nitrogens with one attached hydrogen (secondary N) is 1. The molecular weight excluding hydrogens is 341 g/mol. The Morgan fingerprint density at radius 3 is 2.70 bits per heavy atom. The van der Waals surface area contributed by atoms with E-state index in [0.29, 0.717) is 6.42 Å². The molecule has 0 saturated heterocycles. The lowest BCUT2D eigenvalue weighted by atomic mass is 9.98. The summed E-state index contributed by atoms with van der Waals surface area (Å²) in [5.41, 5.74) is 3.14. The van der Waals surface area contributed by atoms with Gasteiger partial charge in [-0.25, -0.2) is 4.39 Å². The summed E-state index contributed by atoms with van der Waals surface area (Å²) in [7, 11) is 1.89. The second kappa shape index (κ2) is 6.70. The van der Waals surface area contributed by atoms with Gasteiger partial charge in [0.25, 0.3) is 0 Å². The molecule has 20 heavy (non-hydrogen) atoms. The molecule has 1 unspecified atom stereocenters. The third-order valence-electron chi connectivity index (χ3n) is 3.34. The van der Waals surface area contributed by atoms with Gasteiger partial charge in [0.2, 0.25) is 0 Å². The Hall–Kier alpha value is -0.900. The highest BCUT2D eigenvalue weighted by atomic mass is 79.9. The van der Waals surface area contributed by atoms with E-state index in [1.54, 1.807) is 6.07 Å². The Balaban J connectivity index is 2.31. The normalized spacial score (nSPS) is 12.4. The van der Waals surface area contributed by atoms with Crippen molar-refractivity contribution in [2.75, 3.05) is 7.05 Å². The molecule has 2 aromatic carbocycles. The summed E-state index contributed by atoms with van der Waals surface area (Å²) < 4.78 is 14.6. The van der Waals surface area contributed by atoms with E-state index >= 15 is 0 Å². The van der Waals surface area contributed by atoms with E-state index < -0.39 is 0 Å². The van der Waals surface area contributed by atoms with Crippen molar-refractivity contribution in [1.82, 2.24) is 5.32 Å². The van der Waals surface area contributed by atoms with Crippen LogP contribution >= 0.6 is 27.5 Å². The molecular formula is C16H16BrClFN. The summed E-state index contributed by atoms with van der Waals surface area (Å²) in [5.74, 6) is -0.373. The van der Waals surface area contributed by atoms with Crippen molar-refractivity contribution < 1.29 is 4.39 Å². The summed E-state index contributed by atoms with van der Waals surface area (Å²) >= 11 is 9.62. The van der Waals surface area contributed by atoms with Crippen LogP contribution in [0.1, 0.15) is 22.7 Å². The maximum atomic E-state index is 13.5. The van der Waals surface area contributed by atoms with Crippen molar-refractivity contribution in [2.24, 2.45) is 0 Å². The third kappa shape index (κ3) is 3.40. The number of hydrogen-bond acceptors (Lipinski definition) is 1. The number of benzene rings is 2. The van der Waals surface area contributed by atoms with Crippen LogP contribution < -0.4 is 5.32 Å². The average molecular weight is 357 g/mol. The molecule has 2 aromatic rings.